The Bertz CT molecular complexity index is 123. The van der Waals surface area contributed by atoms with E-state index in [1.165, 1.54) is 19.3 Å². The van der Waals surface area contributed by atoms with Gasteiger partial charge in [-0.05, 0) is 30.6 Å². The second-order valence-corrected chi connectivity index (χ2v) is 4.73. The van der Waals surface area contributed by atoms with Gasteiger partial charge in [-0.2, -0.15) is 0 Å². The Morgan fingerprint density at radius 2 is 1.82 bits per heavy atom. The molecule has 0 bridgehead atoms. The summed E-state index contributed by atoms with van der Waals surface area (Å²) in [6.45, 7) is 6.99. The summed E-state index contributed by atoms with van der Waals surface area (Å²) in [5.74, 6) is 0.868. The summed E-state index contributed by atoms with van der Waals surface area (Å²) < 4.78 is 5.34. The Kier molecular flexibility index (Phi) is 2.58. The van der Waals surface area contributed by atoms with Crippen LogP contribution in [0.3, 0.4) is 0 Å². The molecule has 2 atom stereocenters. The highest BCUT2D eigenvalue weighted by Crippen LogP contribution is 2.39. The zero-order valence-electron chi connectivity index (χ0n) is 8.18. The fourth-order valence-corrected chi connectivity index (χ4v) is 1.94. The smallest absolute Gasteiger partial charge is 0.0574 e. The number of hydrogen-bond donors (Lipinski definition) is 0. The summed E-state index contributed by atoms with van der Waals surface area (Å²) >= 11 is 0. The molecule has 0 spiro atoms. The first-order valence-electron chi connectivity index (χ1n) is 4.57. The third-order valence-corrected chi connectivity index (χ3v) is 2.94. The van der Waals surface area contributed by atoms with Crippen LogP contribution in [0.4, 0.5) is 0 Å². The lowest BCUT2D eigenvalue weighted by molar-refractivity contribution is 0.0968. The van der Waals surface area contributed by atoms with Gasteiger partial charge in [0, 0.05) is 7.11 Å². The average molecular weight is 156 g/mol. The van der Waals surface area contributed by atoms with Gasteiger partial charge < -0.3 is 4.74 Å². The molecule has 1 heteroatoms. The average Bonchev–Trinajstić information content (AvgIpc) is 2.32. The molecule has 1 aliphatic carbocycles. The first-order chi connectivity index (χ1) is 5.04. The normalized spacial score (nSPS) is 32.7. The van der Waals surface area contributed by atoms with Gasteiger partial charge in [-0.1, -0.05) is 20.8 Å². The van der Waals surface area contributed by atoms with E-state index in [1.807, 2.05) is 7.11 Å². The van der Waals surface area contributed by atoms with Crippen molar-refractivity contribution in [3.8, 4) is 0 Å². The molecule has 11 heavy (non-hydrogen) atoms. The van der Waals surface area contributed by atoms with Crippen LogP contribution in [0, 0.1) is 11.3 Å². The summed E-state index contributed by atoms with van der Waals surface area (Å²) in [6.07, 6.45) is 4.42. The molecule has 2 unspecified atom stereocenters. The second-order valence-electron chi connectivity index (χ2n) is 4.73. The molecule has 0 aromatic heterocycles. The quantitative estimate of drug-likeness (QED) is 0.567. The van der Waals surface area contributed by atoms with Crippen molar-refractivity contribution in [3.63, 3.8) is 0 Å². The third-order valence-electron chi connectivity index (χ3n) is 2.94. The van der Waals surface area contributed by atoms with Crippen LogP contribution in [0.25, 0.3) is 0 Å². The van der Waals surface area contributed by atoms with Crippen LogP contribution in [-0.4, -0.2) is 13.2 Å². The maximum Gasteiger partial charge on any atom is 0.0574 e. The van der Waals surface area contributed by atoms with Crippen LogP contribution >= 0.6 is 0 Å². The molecule has 1 saturated carbocycles. The van der Waals surface area contributed by atoms with Crippen molar-refractivity contribution in [2.45, 2.75) is 46.1 Å². The molecular weight excluding hydrogens is 136 g/mol. The molecule has 0 amide bonds. The van der Waals surface area contributed by atoms with E-state index < -0.39 is 0 Å². The summed E-state index contributed by atoms with van der Waals surface area (Å²) in [5, 5.41) is 0. The van der Waals surface area contributed by atoms with Crippen LogP contribution in [0.15, 0.2) is 0 Å². The Labute approximate surface area is 70.1 Å². The number of rotatable bonds is 1. The zero-order chi connectivity index (χ0) is 8.48. The molecule has 1 fully saturated rings. The molecule has 0 radical (unpaired) electrons. The van der Waals surface area contributed by atoms with Crippen LogP contribution in [0.2, 0.25) is 0 Å². The summed E-state index contributed by atoms with van der Waals surface area (Å²) in [6, 6.07) is 0. The molecule has 66 valence electrons. The van der Waals surface area contributed by atoms with Crippen LogP contribution in [0.5, 0.6) is 0 Å². The highest BCUT2D eigenvalue weighted by atomic mass is 16.5. The van der Waals surface area contributed by atoms with Crippen LogP contribution in [0.1, 0.15) is 40.0 Å². The maximum atomic E-state index is 5.34. The van der Waals surface area contributed by atoms with Crippen LogP contribution in [-0.2, 0) is 4.74 Å². The van der Waals surface area contributed by atoms with E-state index in [9.17, 15) is 0 Å². The van der Waals surface area contributed by atoms with Gasteiger partial charge in [-0.15, -0.1) is 0 Å². The molecule has 0 N–H and O–H groups in total. The van der Waals surface area contributed by atoms with Gasteiger partial charge in [-0.3, -0.25) is 0 Å². The van der Waals surface area contributed by atoms with Gasteiger partial charge in [-0.25, -0.2) is 0 Å². The van der Waals surface area contributed by atoms with E-state index in [0.29, 0.717) is 11.5 Å². The fourth-order valence-electron chi connectivity index (χ4n) is 1.94. The fraction of sp³-hybridized carbons (Fsp3) is 1.00. The van der Waals surface area contributed by atoms with Crippen LogP contribution < -0.4 is 0 Å². The number of methoxy groups -OCH3 is 1. The van der Waals surface area contributed by atoms with Crippen molar-refractivity contribution < 1.29 is 4.74 Å². The topological polar surface area (TPSA) is 9.23 Å². The predicted octanol–water partition coefficient (Wildman–Crippen LogP) is 2.85. The lowest BCUT2D eigenvalue weighted by Gasteiger charge is -2.26. The Morgan fingerprint density at radius 3 is 2.09 bits per heavy atom. The van der Waals surface area contributed by atoms with E-state index in [-0.39, 0.29) is 0 Å². The van der Waals surface area contributed by atoms with Gasteiger partial charge in [0.25, 0.3) is 0 Å². The first kappa shape index (κ1) is 9.05. The minimum Gasteiger partial charge on any atom is -0.381 e. The van der Waals surface area contributed by atoms with Crippen molar-refractivity contribution in [1.29, 1.82) is 0 Å². The molecule has 1 nitrogen and oxygen atoms in total. The minimum atomic E-state index is 0.479. The maximum absolute atomic E-state index is 5.34. The van der Waals surface area contributed by atoms with E-state index in [2.05, 4.69) is 20.8 Å². The van der Waals surface area contributed by atoms with Gasteiger partial charge >= 0.3 is 0 Å². The van der Waals surface area contributed by atoms with Gasteiger partial charge in [0.15, 0.2) is 0 Å². The van der Waals surface area contributed by atoms with Gasteiger partial charge in [0.1, 0.15) is 0 Å². The largest absolute Gasteiger partial charge is 0.381 e. The molecule has 1 aliphatic rings. The van der Waals surface area contributed by atoms with Crippen molar-refractivity contribution >= 4 is 0 Å². The predicted molar refractivity (Wildman–Crippen MR) is 47.6 cm³/mol. The molecule has 0 heterocycles. The molecule has 0 saturated heterocycles. The first-order valence-corrected chi connectivity index (χ1v) is 4.57. The highest BCUT2D eigenvalue weighted by Gasteiger charge is 2.32. The molecule has 1 rings (SSSR count). The summed E-state index contributed by atoms with van der Waals surface area (Å²) in [5.41, 5.74) is 0.479. The van der Waals surface area contributed by atoms with Crippen molar-refractivity contribution in [3.05, 3.63) is 0 Å². The molecule has 0 aromatic carbocycles. The van der Waals surface area contributed by atoms with E-state index in [4.69, 9.17) is 4.74 Å². The zero-order valence-corrected chi connectivity index (χ0v) is 8.18. The SMILES string of the molecule is COC1CCC(C(C)(C)C)C1. The van der Waals surface area contributed by atoms with Crippen molar-refractivity contribution in [2.24, 2.45) is 11.3 Å². The van der Waals surface area contributed by atoms with E-state index >= 15 is 0 Å². The molecular formula is C10H20O. The Balaban J connectivity index is 2.42. The van der Waals surface area contributed by atoms with E-state index in [1.54, 1.807) is 0 Å². The summed E-state index contributed by atoms with van der Waals surface area (Å²) in [4.78, 5) is 0. The monoisotopic (exact) mass is 156 g/mol. The van der Waals surface area contributed by atoms with E-state index in [0.717, 1.165) is 5.92 Å². The molecule has 0 aromatic rings. The molecule has 0 aliphatic heterocycles. The second kappa shape index (κ2) is 3.14. The summed E-state index contributed by atoms with van der Waals surface area (Å²) in [7, 11) is 1.83. The lowest BCUT2D eigenvalue weighted by Crippen LogP contribution is -2.18. The highest BCUT2D eigenvalue weighted by molar-refractivity contribution is 4.83. The standard InChI is InChI=1S/C10H20O/c1-10(2,3)8-5-6-9(7-8)11-4/h8-9H,5-7H2,1-4H3. The van der Waals surface area contributed by atoms with Crippen molar-refractivity contribution in [2.75, 3.05) is 7.11 Å². The minimum absolute atomic E-state index is 0.479. The Morgan fingerprint density at radius 1 is 1.18 bits per heavy atom. The van der Waals surface area contributed by atoms with Gasteiger partial charge in [0.2, 0.25) is 0 Å². The number of hydrogen-bond acceptors (Lipinski definition) is 1. The van der Waals surface area contributed by atoms with Crippen molar-refractivity contribution in [1.82, 2.24) is 0 Å². The Hall–Kier alpha value is -0.0400. The lowest BCUT2D eigenvalue weighted by atomic mass is 9.80. The van der Waals surface area contributed by atoms with Gasteiger partial charge in [0.05, 0.1) is 6.10 Å². The number of ether oxygens (including phenoxy) is 1. The third kappa shape index (κ3) is 2.19.